The Kier molecular flexibility index (Phi) is 4.02. The van der Waals surface area contributed by atoms with Gasteiger partial charge < -0.3 is 10.6 Å². The van der Waals surface area contributed by atoms with Crippen molar-refractivity contribution in [2.45, 2.75) is 6.92 Å². The lowest BCUT2D eigenvalue weighted by molar-refractivity contribution is 0.102. The summed E-state index contributed by atoms with van der Waals surface area (Å²) < 4.78 is 0. The molecule has 1 heterocycles. The molecule has 4 nitrogen and oxygen atoms in total. The fourth-order valence-electron chi connectivity index (χ4n) is 1.70. The van der Waals surface area contributed by atoms with Gasteiger partial charge in [0.25, 0.3) is 5.91 Å². The molecule has 1 aromatic heterocycles. The number of carbonyl (C=O) groups is 1. The molecule has 2 rings (SSSR count). The Labute approximate surface area is 116 Å². The van der Waals surface area contributed by atoms with Gasteiger partial charge in [-0.1, -0.05) is 23.2 Å². The number of hydrogen-bond donors (Lipinski definition) is 2. The van der Waals surface area contributed by atoms with Crippen LogP contribution in [-0.2, 0) is 0 Å². The first-order valence-electron chi connectivity index (χ1n) is 5.81. The summed E-state index contributed by atoms with van der Waals surface area (Å²) in [6.07, 6.45) is 1.49. The lowest BCUT2D eigenvalue weighted by Gasteiger charge is -2.10. The molecule has 0 aliphatic heterocycles. The zero-order valence-electron chi connectivity index (χ0n) is 10.7. The number of pyridine rings is 1. The molecular weight excluding hydrogens is 262 g/mol. The summed E-state index contributed by atoms with van der Waals surface area (Å²) in [5, 5.41) is 6.27. The maximum Gasteiger partial charge on any atom is 0.258 e. The van der Waals surface area contributed by atoms with Gasteiger partial charge in [0.1, 0.15) is 5.82 Å². The number of hydrogen-bond acceptors (Lipinski definition) is 3. The fourth-order valence-corrected chi connectivity index (χ4v) is 1.81. The van der Waals surface area contributed by atoms with Crippen molar-refractivity contribution in [1.29, 1.82) is 0 Å². The smallest absolute Gasteiger partial charge is 0.258 e. The van der Waals surface area contributed by atoms with Crippen LogP contribution in [0, 0.1) is 6.92 Å². The molecule has 0 aliphatic carbocycles. The predicted octanol–water partition coefficient (Wildman–Crippen LogP) is 3.34. The number of halogens is 1. The number of nitrogens with one attached hydrogen (secondary N) is 2. The van der Waals surface area contributed by atoms with E-state index < -0.39 is 0 Å². The van der Waals surface area contributed by atoms with Crippen LogP contribution in [0.5, 0.6) is 0 Å². The van der Waals surface area contributed by atoms with Gasteiger partial charge in [-0.3, -0.25) is 4.79 Å². The van der Waals surface area contributed by atoms with E-state index >= 15 is 0 Å². The van der Waals surface area contributed by atoms with Gasteiger partial charge in [0.15, 0.2) is 0 Å². The second kappa shape index (κ2) is 5.71. The summed E-state index contributed by atoms with van der Waals surface area (Å²) in [5.41, 5.74) is 2.38. The van der Waals surface area contributed by atoms with E-state index in [1.54, 1.807) is 19.2 Å². The van der Waals surface area contributed by atoms with Crippen LogP contribution in [-0.4, -0.2) is 17.9 Å². The summed E-state index contributed by atoms with van der Waals surface area (Å²) in [5.74, 6) is 0.265. The maximum absolute atomic E-state index is 12.2. The molecule has 98 valence electrons. The molecule has 0 saturated carbocycles. The Balaban J connectivity index is 2.24. The van der Waals surface area contributed by atoms with Gasteiger partial charge in [-0.25, -0.2) is 4.98 Å². The van der Waals surface area contributed by atoms with Gasteiger partial charge in [0.05, 0.1) is 10.6 Å². The van der Waals surface area contributed by atoms with Gasteiger partial charge in [0, 0.05) is 18.9 Å². The first-order valence-corrected chi connectivity index (χ1v) is 6.19. The van der Waals surface area contributed by atoms with Crippen molar-refractivity contribution in [3.05, 3.63) is 52.7 Å². The zero-order chi connectivity index (χ0) is 13.8. The summed E-state index contributed by atoms with van der Waals surface area (Å²) in [4.78, 5) is 16.2. The van der Waals surface area contributed by atoms with Gasteiger partial charge in [-0.05, 0) is 31.2 Å². The third kappa shape index (κ3) is 3.23. The van der Waals surface area contributed by atoms with E-state index in [1.165, 1.54) is 6.20 Å². The van der Waals surface area contributed by atoms with Crippen molar-refractivity contribution in [1.82, 2.24) is 4.98 Å². The van der Waals surface area contributed by atoms with E-state index in [0.717, 1.165) is 11.3 Å². The van der Waals surface area contributed by atoms with Crippen molar-refractivity contribution in [3.63, 3.8) is 0 Å². The molecule has 0 bridgehead atoms. The summed E-state index contributed by atoms with van der Waals surface area (Å²) in [6.45, 7) is 1.94. The molecule has 19 heavy (non-hydrogen) atoms. The predicted molar refractivity (Wildman–Crippen MR) is 77.9 cm³/mol. The highest BCUT2D eigenvalue weighted by atomic mass is 35.5. The molecule has 2 aromatic rings. The van der Waals surface area contributed by atoms with Crippen LogP contribution >= 0.6 is 11.6 Å². The van der Waals surface area contributed by atoms with Crippen LogP contribution in [0.1, 0.15) is 15.9 Å². The molecule has 0 aliphatic rings. The lowest BCUT2D eigenvalue weighted by Crippen LogP contribution is -2.15. The summed E-state index contributed by atoms with van der Waals surface area (Å²) in [6, 6.07) is 8.99. The molecule has 0 spiro atoms. The number of aryl methyl sites for hydroxylation is 1. The molecule has 0 atom stereocenters. The number of aromatic nitrogens is 1. The lowest BCUT2D eigenvalue weighted by atomic mass is 10.1. The highest BCUT2D eigenvalue weighted by Gasteiger charge is 2.11. The van der Waals surface area contributed by atoms with E-state index in [-0.39, 0.29) is 5.91 Å². The van der Waals surface area contributed by atoms with Crippen molar-refractivity contribution < 1.29 is 4.79 Å². The average molecular weight is 276 g/mol. The summed E-state index contributed by atoms with van der Waals surface area (Å²) in [7, 11) is 1.78. The van der Waals surface area contributed by atoms with E-state index in [9.17, 15) is 4.79 Å². The number of amides is 1. The van der Waals surface area contributed by atoms with E-state index in [0.29, 0.717) is 16.4 Å². The Morgan fingerprint density at radius 3 is 2.68 bits per heavy atom. The van der Waals surface area contributed by atoms with Crippen molar-refractivity contribution in [3.8, 4) is 0 Å². The number of rotatable bonds is 3. The zero-order valence-corrected chi connectivity index (χ0v) is 11.5. The Morgan fingerprint density at radius 1 is 1.26 bits per heavy atom. The van der Waals surface area contributed by atoms with Gasteiger partial charge in [-0.15, -0.1) is 0 Å². The average Bonchev–Trinajstić information content (AvgIpc) is 2.41. The van der Waals surface area contributed by atoms with E-state index in [4.69, 9.17) is 11.6 Å². The molecule has 5 heteroatoms. The molecule has 2 N–H and O–H groups in total. The normalized spacial score (nSPS) is 10.1. The van der Waals surface area contributed by atoms with Crippen LogP contribution in [0.15, 0.2) is 36.5 Å². The molecule has 1 amide bonds. The molecule has 0 fully saturated rings. The minimum atomic E-state index is -0.206. The largest absolute Gasteiger partial charge is 0.387 e. The SMILES string of the molecule is CNc1ccc(C)cc1C(=O)Nc1ccc(Cl)cn1. The standard InChI is InChI=1S/C14H14ClN3O/c1-9-3-5-12(16-2)11(7-9)14(19)18-13-6-4-10(15)8-17-13/h3-8,16H,1-2H3,(H,17,18,19). The fraction of sp³-hybridized carbons (Fsp3) is 0.143. The van der Waals surface area contributed by atoms with E-state index in [1.807, 2.05) is 25.1 Å². The highest BCUT2D eigenvalue weighted by molar-refractivity contribution is 6.30. The Morgan fingerprint density at radius 2 is 2.05 bits per heavy atom. The second-order valence-corrected chi connectivity index (χ2v) is 4.55. The third-order valence-corrected chi connectivity index (χ3v) is 2.88. The van der Waals surface area contributed by atoms with Crippen molar-refractivity contribution in [2.24, 2.45) is 0 Å². The monoisotopic (exact) mass is 275 g/mol. The first-order chi connectivity index (χ1) is 9.10. The van der Waals surface area contributed by atoms with Crippen LogP contribution in [0.2, 0.25) is 5.02 Å². The topological polar surface area (TPSA) is 54.0 Å². The van der Waals surface area contributed by atoms with Gasteiger partial charge >= 0.3 is 0 Å². The number of carbonyl (C=O) groups excluding carboxylic acids is 1. The molecule has 1 aromatic carbocycles. The summed E-state index contributed by atoms with van der Waals surface area (Å²) >= 11 is 5.75. The maximum atomic E-state index is 12.2. The van der Waals surface area contributed by atoms with Crippen molar-refractivity contribution in [2.75, 3.05) is 17.7 Å². The van der Waals surface area contributed by atoms with Crippen LogP contribution in [0.25, 0.3) is 0 Å². The van der Waals surface area contributed by atoms with E-state index in [2.05, 4.69) is 15.6 Å². The number of nitrogens with zero attached hydrogens (tertiary/aromatic N) is 1. The Bertz CT molecular complexity index is 596. The minimum absolute atomic E-state index is 0.206. The van der Waals surface area contributed by atoms with Crippen LogP contribution in [0.4, 0.5) is 11.5 Å². The third-order valence-electron chi connectivity index (χ3n) is 2.66. The molecule has 0 saturated heterocycles. The quantitative estimate of drug-likeness (QED) is 0.903. The molecule has 0 radical (unpaired) electrons. The first kappa shape index (κ1) is 13.4. The highest BCUT2D eigenvalue weighted by Crippen LogP contribution is 2.18. The van der Waals surface area contributed by atoms with Gasteiger partial charge in [-0.2, -0.15) is 0 Å². The van der Waals surface area contributed by atoms with Gasteiger partial charge in [0.2, 0.25) is 0 Å². The number of benzene rings is 1. The second-order valence-electron chi connectivity index (χ2n) is 4.11. The van der Waals surface area contributed by atoms with Crippen LogP contribution < -0.4 is 10.6 Å². The van der Waals surface area contributed by atoms with Crippen LogP contribution in [0.3, 0.4) is 0 Å². The minimum Gasteiger partial charge on any atom is -0.387 e. The molecule has 0 unspecified atom stereocenters. The number of anilines is 2. The molecular formula is C14H14ClN3O. The Hall–Kier alpha value is -2.07. The van der Waals surface area contributed by atoms with Crippen molar-refractivity contribution >= 4 is 29.0 Å².